The summed E-state index contributed by atoms with van der Waals surface area (Å²) in [6, 6.07) is 13.8. The van der Waals surface area contributed by atoms with Gasteiger partial charge in [0.05, 0.1) is 11.2 Å². The van der Waals surface area contributed by atoms with Gasteiger partial charge < -0.3 is 4.90 Å². The van der Waals surface area contributed by atoms with Crippen molar-refractivity contribution in [2.24, 2.45) is 0 Å². The van der Waals surface area contributed by atoms with Crippen molar-refractivity contribution >= 4 is 34.4 Å². The van der Waals surface area contributed by atoms with E-state index in [0.29, 0.717) is 10.8 Å². The molecule has 1 aromatic heterocycles. The molecule has 5 nitrogen and oxygen atoms in total. The van der Waals surface area contributed by atoms with E-state index in [0.717, 1.165) is 36.2 Å². The second-order valence-corrected chi connectivity index (χ2v) is 7.73. The number of amides is 1. The van der Waals surface area contributed by atoms with E-state index in [2.05, 4.69) is 23.3 Å². The first kappa shape index (κ1) is 16.1. The zero-order valence-corrected chi connectivity index (χ0v) is 15.2. The fraction of sp³-hybridized carbons (Fsp3) is 0.316. The average Bonchev–Trinajstić information content (AvgIpc) is 2.96. The molecule has 0 fully saturated rings. The standard InChI is InChI=1S/C19H20N4OS/c1-3-23-16-9-8-14(12-15(16)20-21-23)19(24)22-11-10-13(2)25-18-7-5-4-6-17(18)22/h4-9,12-13H,3,10-11H2,1-2H3. The molecule has 1 atom stereocenters. The van der Waals surface area contributed by atoms with Crippen LogP contribution in [0.4, 0.5) is 5.69 Å². The molecule has 4 rings (SSSR count). The van der Waals surface area contributed by atoms with Crippen LogP contribution in [0.15, 0.2) is 47.4 Å². The molecule has 128 valence electrons. The Balaban J connectivity index is 1.73. The molecule has 0 radical (unpaired) electrons. The van der Waals surface area contributed by atoms with Gasteiger partial charge >= 0.3 is 0 Å². The Bertz CT molecular complexity index is 936. The quantitative estimate of drug-likeness (QED) is 0.700. The molecular weight excluding hydrogens is 332 g/mol. The highest BCUT2D eigenvalue weighted by molar-refractivity contribution is 8.00. The van der Waals surface area contributed by atoms with E-state index in [1.54, 1.807) is 0 Å². The van der Waals surface area contributed by atoms with Gasteiger partial charge in [-0.2, -0.15) is 0 Å². The molecule has 2 aromatic carbocycles. The maximum Gasteiger partial charge on any atom is 0.258 e. The van der Waals surface area contributed by atoms with Crippen molar-refractivity contribution in [3.05, 3.63) is 48.0 Å². The van der Waals surface area contributed by atoms with E-state index < -0.39 is 0 Å². The summed E-state index contributed by atoms with van der Waals surface area (Å²) in [5, 5.41) is 8.81. The van der Waals surface area contributed by atoms with Gasteiger partial charge in [0.2, 0.25) is 0 Å². The van der Waals surface area contributed by atoms with E-state index in [9.17, 15) is 4.79 Å². The van der Waals surface area contributed by atoms with Gasteiger partial charge in [0.15, 0.2) is 0 Å². The lowest BCUT2D eigenvalue weighted by atomic mass is 10.1. The number of hydrogen-bond acceptors (Lipinski definition) is 4. The minimum absolute atomic E-state index is 0.0232. The summed E-state index contributed by atoms with van der Waals surface area (Å²) in [7, 11) is 0. The summed E-state index contributed by atoms with van der Waals surface area (Å²) in [4.78, 5) is 16.3. The van der Waals surface area contributed by atoms with Crippen LogP contribution in [-0.2, 0) is 6.54 Å². The fourth-order valence-corrected chi connectivity index (χ4v) is 4.31. The van der Waals surface area contributed by atoms with Crippen LogP contribution in [0.25, 0.3) is 11.0 Å². The van der Waals surface area contributed by atoms with Crippen LogP contribution in [0.2, 0.25) is 0 Å². The van der Waals surface area contributed by atoms with Gasteiger partial charge in [-0.05, 0) is 43.7 Å². The lowest BCUT2D eigenvalue weighted by Gasteiger charge is -2.22. The van der Waals surface area contributed by atoms with Crippen LogP contribution in [0, 0.1) is 0 Å². The molecule has 1 amide bonds. The number of benzene rings is 2. The van der Waals surface area contributed by atoms with Crippen LogP contribution >= 0.6 is 11.8 Å². The summed E-state index contributed by atoms with van der Waals surface area (Å²) in [5.74, 6) is 0.0232. The highest BCUT2D eigenvalue weighted by atomic mass is 32.2. The molecule has 1 aliphatic heterocycles. The Morgan fingerprint density at radius 2 is 2.12 bits per heavy atom. The molecule has 2 heterocycles. The van der Waals surface area contributed by atoms with Crippen LogP contribution < -0.4 is 4.90 Å². The molecule has 25 heavy (non-hydrogen) atoms. The van der Waals surface area contributed by atoms with E-state index in [4.69, 9.17) is 0 Å². The van der Waals surface area contributed by atoms with Crippen LogP contribution in [0.1, 0.15) is 30.6 Å². The van der Waals surface area contributed by atoms with Crippen LogP contribution in [0.5, 0.6) is 0 Å². The van der Waals surface area contributed by atoms with Gasteiger partial charge in [-0.15, -0.1) is 16.9 Å². The van der Waals surface area contributed by atoms with Crippen LogP contribution in [-0.4, -0.2) is 32.7 Å². The lowest BCUT2D eigenvalue weighted by molar-refractivity contribution is 0.0986. The van der Waals surface area contributed by atoms with E-state index in [-0.39, 0.29) is 5.91 Å². The number of thioether (sulfide) groups is 1. The number of nitrogens with zero attached hydrogens (tertiary/aromatic N) is 4. The van der Waals surface area contributed by atoms with Gasteiger partial charge in [-0.3, -0.25) is 4.79 Å². The predicted octanol–water partition coefficient (Wildman–Crippen LogP) is 3.98. The third-order valence-corrected chi connectivity index (χ3v) is 5.79. The number of carbonyl (C=O) groups excluding carboxylic acids is 1. The van der Waals surface area contributed by atoms with Crippen LogP contribution in [0.3, 0.4) is 0 Å². The maximum absolute atomic E-state index is 13.2. The fourth-order valence-electron chi connectivity index (χ4n) is 3.19. The zero-order valence-electron chi connectivity index (χ0n) is 14.3. The largest absolute Gasteiger partial charge is 0.307 e. The number of fused-ring (bicyclic) bond motifs is 2. The Labute approximate surface area is 151 Å². The highest BCUT2D eigenvalue weighted by Gasteiger charge is 2.25. The van der Waals surface area contributed by atoms with Crippen molar-refractivity contribution in [1.29, 1.82) is 0 Å². The smallest absolute Gasteiger partial charge is 0.258 e. The molecule has 0 saturated heterocycles. The Kier molecular flexibility index (Phi) is 4.21. The van der Waals surface area contributed by atoms with Crippen molar-refractivity contribution in [1.82, 2.24) is 15.0 Å². The molecule has 0 saturated carbocycles. The molecule has 0 bridgehead atoms. The molecule has 3 aromatic rings. The molecule has 1 unspecified atom stereocenters. The number of para-hydroxylation sites is 1. The number of aryl methyl sites for hydroxylation is 1. The number of hydrogen-bond donors (Lipinski definition) is 0. The predicted molar refractivity (Wildman–Crippen MR) is 101 cm³/mol. The normalized spacial score (nSPS) is 17.4. The topological polar surface area (TPSA) is 51.0 Å². The third kappa shape index (κ3) is 2.91. The van der Waals surface area contributed by atoms with Gasteiger partial charge in [-0.25, -0.2) is 4.68 Å². The molecular formula is C19H20N4OS. The molecule has 0 spiro atoms. The van der Waals surface area contributed by atoms with E-state index in [1.165, 1.54) is 4.90 Å². The minimum Gasteiger partial charge on any atom is -0.307 e. The lowest BCUT2D eigenvalue weighted by Crippen LogP contribution is -2.32. The Morgan fingerprint density at radius 1 is 1.28 bits per heavy atom. The first-order chi connectivity index (χ1) is 12.2. The first-order valence-corrected chi connectivity index (χ1v) is 9.46. The number of anilines is 1. The van der Waals surface area contributed by atoms with Crippen molar-refractivity contribution in [3.63, 3.8) is 0 Å². The van der Waals surface area contributed by atoms with Crippen molar-refractivity contribution < 1.29 is 4.79 Å². The first-order valence-electron chi connectivity index (χ1n) is 8.58. The second-order valence-electron chi connectivity index (χ2n) is 6.25. The van der Waals surface area contributed by atoms with Crippen molar-refractivity contribution in [2.75, 3.05) is 11.4 Å². The maximum atomic E-state index is 13.2. The second kappa shape index (κ2) is 6.52. The third-order valence-electron chi connectivity index (χ3n) is 4.55. The zero-order chi connectivity index (χ0) is 17.4. The van der Waals surface area contributed by atoms with Crippen molar-refractivity contribution in [2.45, 2.75) is 37.0 Å². The summed E-state index contributed by atoms with van der Waals surface area (Å²) in [6.45, 7) is 5.73. The number of rotatable bonds is 2. The number of aromatic nitrogens is 3. The summed E-state index contributed by atoms with van der Waals surface area (Å²) < 4.78 is 1.84. The highest BCUT2D eigenvalue weighted by Crippen LogP contribution is 2.37. The SMILES string of the molecule is CCn1nnc2cc(C(=O)N3CCC(C)Sc4ccccc43)ccc21. The molecule has 0 N–H and O–H groups in total. The van der Waals surface area contributed by atoms with Gasteiger partial charge in [-0.1, -0.05) is 24.3 Å². The summed E-state index contributed by atoms with van der Waals surface area (Å²) >= 11 is 1.84. The summed E-state index contributed by atoms with van der Waals surface area (Å²) in [6.07, 6.45) is 0.972. The molecule has 6 heteroatoms. The number of carbonyl (C=O) groups is 1. The molecule has 0 aliphatic carbocycles. The monoisotopic (exact) mass is 352 g/mol. The van der Waals surface area contributed by atoms with Gasteiger partial charge in [0, 0.05) is 28.8 Å². The Morgan fingerprint density at radius 3 is 2.96 bits per heavy atom. The van der Waals surface area contributed by atoms with Gasteiger partial charge in [0.25, 0.3) is 5.91 Å². The summed E-state index contributed by atoms with van der Waals surface area (Å²) in [5.41, 5.74) is 3.38. The van der Waals surface area contributed by atoms with Gasteiger partial charge in [0.1, 0.15) is 5.52 Å². The Hall–Kier alpha value is -2.34. The average molecular weight is 352 g/mol. The molecule has 1 aliphatic rings. The van der Waals surface area contributed by atoms with E-state index >= 15 is 0 Å². The van der Waals surface area contributed by atoms with E-state index in [1.807, 2.05) is 64.7 Å². The van der Waals surface area contributed by atoms with Crippen molar-refractivity contribution in [3.8, 4) is 0 Å². The minimum atomic E-state index is 0.0232.